The topological polar surface area (TPSA) is 84.5 Å². The van der Waals surface area contributed by atoms with Crippen molar-refractivity contribution in [3.8, 4) is 5.75 Å². The zero-order chi connectivity index (χ0) is 20.7. The highest BCUT2D eigenvalue weighted by Crippen LogP contribution is 2.28. The zero-order valence-corrected chi connectivity index (χ0v) is 17.7. The van der Waals surface area contributed by atoms with Crippen molar-refractivity contribution in [2.75, 3.05) is 13.2 Å². The molecule has 0 heterocycles. The maximum atomic E-state index is 12.6. The normalized spacial score (nSPS) is 12.6. The summed E-state index contributed by atoms with van der Waals surface area (Å²) in [5.41, 5.74) is 0.851. The van der Waals surface area contributed by atoms with Crippen LogP contribution in [0, 0.1) is 5.92 Å². The van der Waals surface area contributed by atoms with E-state index >= 15 is 0 Å². The lowest BCUT2D eigenvalue weighted by molar-refractivity contribution is -0.123. The van der Waals surface area contributed by atoms with Gasteiger partial charge in [-0.2, -0.15) is 0 Å². The molecule has 2 N–H and O–H groups in total. The maximum Gasteiger partial charge on any atom is 0.257 e. The fourth-order valence-corrected chi connectivity index (χ4v) is 3.95. The first-order valence-corrected chi connectivity index (χ1v) is 10.8. The summed E-state index contributed by atoms with van der Waals surface area (Å²) in [6.45, 7) is 6.11. The van der Waals surface area contributed by atoms with Gasteiger partial charge in [-0.3, -0.25) is 4.79 Å². The summed E-state index contributed by atoms with van der Waals surface area (Å²) < 4.78 is 33.3. The average Bonchev–Trinajstić information content (AvgIpc) is 2.65. The third-order valence-corrected chi connectivity index (χ3v) is 5.75. The minimum Gasteiger partial charge on any atom is -0.482 e. The van der Waals surface area contributed by atoms with E-state index in [-0.39, 0.29) is 28.2 Å². The second-order valence-corrected chi connectivity index (χ2v) is 8.95. The smallest absolute Gasteiger partial charge is 0.257 e. The lowest BCUT2D eigenvalue weighted by atomic mass is 10.1. The van der Waals surface area contributed by atoms with Crippen molar-refractivity contribution in [1.82, 2.24) is 10.0 Å². The molecule has 8 heteroatoms. The van der Waals surface area contributed by atoms with Crippen LogP contribution in [0.5, 0.6) is 5.75 Å². The molecular weight excluding hydrogens is 400 g/mol. The van der Waals surface area contributed by atoms with Gasteiger partial charge in [0.1, 0.15) is 5.75 Å². The second kappa shape index (κ2) is 9.91. The monoisotopic (exact) mass is 424 g/mol. The van der Waals surface area contributed by atoms with E-state index in [1.165, 1.54) is 18.2 Å². The Morgan fingerprint density at radius 1 is 1.11 bits per heavy atom. The Morgan fingerprint density at radius 2 is 1.79 bits per heavy atom. The van der Waals surface area contributed by atoms with E-state index < -0.39 is 16.1 Å². The summed E-state index contributed by atoms with van der Waals surface area (Å²) in [4.78, 5) is 11.8. The molecule has 2 aromatic carbocycles. The van der Waals surface area contributed by atoms with Gasteiger partial charge in [-0.1, -0.05) is 55.8 Å². The molecule has 0 aromatic heterocycles. The highest BCUT2D eigenvalue weighted by atomic mass is 35.5. The van der Waals surface area contributed by atoms with Gasteiger partial charge in [-0.15, -0.1) is 0 Å². The summed E-state index contributed by atoms with van der Waals surface area (Å²) in [5, 5.41) is 2.85. The number of ether oxygens (including phenoxy) is 1. The number of rotatable bonds is 9. The summed E-state index contributed by atoms with van der Waals surface area (Å²) >= 11 is 6.15. The van der Waals surface area contributed by atoms with Crippen LogP contribution in [-0.2, 0) is 14.8 Å². The molecule has 0 bridgehead atoms. The van der Waals surface area contributed by atoms with Crippen molar-refractivity contribution < 1.29 is 17.9 Å². The molecule has 0 aliphatic rings. The predicted octanol–water partition coefficient (Wildman–Crippen LogP) is 3.53. The van der Waals surface area contributed by atoms with Crippen LogP contribution in [0.15, 0.2) is 53.4 Å². The van der Waals surface area contributed by atoms with Crippen molar-refractivity contribution in [3.05, 3.63) is 59.1 Å². The quantitative estimate of drug-likeness (QED) is 0.644. The van der Waals surface area contributed by atoms with E-state index in [1.54, 1.807) is 6.92 Å². The average molecular weight is 425 g/mol. The highest BCUT2D eigenvalue weighted by Gasteiger charge is 2.20. The third kappa shape index (κ3) is 6.51. The van der Waals surface area contributed by atoms with Crippen LogP contribution in [0.25, 0.3) is 0 Å². The zero-order valence-electron chi connectivity index (χ0n) is 16.1. The van der Waals surface area contributed by atoms with Crippen LogP contribution < -0.4 is 14.8 Å². The highest BCUT2D eigenvalue weighted by molar-refractivity contribution is 7.89. The number of nitrogens with one attached hydrogen (secondary N) is 2. The van der Waals surface area contributed by atoms with Gasteiger partial charge in [0.15, 0.2) is 6.61 Å². The number of sulfonamides is 1. The van der Waals surface area contributed by atoms with Gasteiger partial charge >= 0.3 is 0 Å². The molecule has 1 atom stereocenters. The first-order chi connectivity index (χ1) is 13.2. The van der Waals surface area contributed by atoms with E-state index in [4.69, 9.17) is 16.3 Å². The molecule has 0 aliphatic heterocycles. The van der Waals surface area contributed by atoms with Gasteiger partial charge in [-0.25, -0.2) is 13.1 Å². The summed E-state index contributed by atoms with van der Waals surface area (Å²) in [5.74, 6) is 0.319. The lowest BCUT2D eigenvalue weighted by Gasteiger charge is -2.15. The predicted molar refractivity (Wildman–Crippen MR) is 110 cm³/mol. The number of carbonyl (C=O) groups is 1. The molecule has 0 radical (unpaired) electrons. The van der Waals surface area contributed by atoms with Gasteiger partial charge in [0.2, 0.25) is 10.0 Å². The Bertz CT molecular complexity index is 902. The Kier molecular flexibility index (Phi) is 7.86. The fraction of sp³-hybridized carbons (Fsp3) is 0.350. The van der Waals surface area contributed by atoms with E-state index in [0.717, 1.165) is 5.56 Å². The first-order valence-electron chi connectivity index (χ1n) is 8.95. The van der Waals surface area contributed by atoms with Gasteiger partial charge in [0.05, 0.1) is 9.92 Å². The maximum absolute atomic E-state index is 12.6. The van der Waals surface area contributed by atoms with Gasteiger partial charge in [-0.05, 0) is 36.6 Å². The summed E-state index contributed by atoms with van der Waals surface area (Å²) in [6, 6.07) is 13.0. The molecule has 2 aromatic rings. The molecule has 0 fully saturated rings. The molecule has 0 unspecified atom stereocenters. The van der Waals surface area contributed by atoms with E-state index in [0.29, 0.717) is 12.5 Å². The van der Waals surface area contributed by atoms with Crippen LogP contribution in [0.3, 0.4) is 0 Å². The number of carbonyl (C=O) groups excluding carboxylic acids is 1. The first kappa shape index (κ1) is 22.2. The minimum atomic E-state index is -3.77. The lowest BCUT2D eigenvalue weighted by Crippen LogP contribution is -2.31. The van der Waals surface area contributed by atoms with Crippen molar-refractivity contribution in [2.24, 2.45) is 5.92 Å². The van der Waals surface area contributed by atoms with Crippen LogP contribution in [-0.4, -0.2) is 27.5 Å². The SMILES string of the molecule is CC(C)CNC(=O)COc1ccc(S(=O)(=O)N[C@H](C)c2ccccc2)cc1Cl. The van der Waals surface area contributed by atoms with Crippen molar-refractivity contribution >= 4 is 27.5 Å². The molecule has 0 saturated carbocycles. The molecule has 152 valence electrons. The van der Waals surface area contributed by atoms with E-state index in [2.05, 4.69) is 10.0 Å². The number of hydrogen-bond acceptors (Lipinski definition) is 4. The van der Waals surface area contributed by atoms with Gasteiger partial charge in [0.25, 0.3) is 5.91 Å². The van der Waals surface area contributed by atoms with Gasteiger partial charge in [0, 0.05) is 12.6 Å². The second-order valence-electron chi connectivity index (χ2n) is 6.83. The molecule has 0 spiro atoms. The Morgan fingerprint density at radius 3 is 2.39 bits per heavy atom. The van der Waals surface area contributed by atoms with Gasteiger partial charge < -0.3 is 10.1 Å². The minimum absolute atomic E-state index is 0.0249. The molecular formula is C20H25ClN2O4S. The van der Waals surface area contributed by atoms with Crippen LogP contribution in [0.4, 0.5) is 0 Å². The standard InChI is InChI=1S/C20H25ClN2O4S/c1-14(2)12-22-20(24)13-27-19-10-9-17(11-18(19)21)28(25,26)23-15(3)16-7-5-4-6-8-16/h4-11,14-15,23H,12-13H2,1-3H3,(H,22,24)/t15-/m1/s1. The molecule has 0 saturated heterocycles. The Balaban J connectivity index is 2.03. The van der Waals surface area contributed by atoms with Crippen molar-refractivity contribution in [1.29, 1.82) is 0 Å². The van der Waals surface area contributed by atoms with Crippen molar-refractivity contribution in [2.45, 2.75) is 31.7 Å². The number of amides is 1. The van der Waals surface area contributed by atoms with Crippen LogP contribution >= 0.6 is 11.6 Å². The number of hydrogen-bond donors (Lipinski definition) is 2. The van der Waals surface area contributed by atoms with E-state index in [1.807, 2.05) is 44.2 Å². The molecule has 2 rings (SSSR count). The molecule has 1 amide bonds. The number of halogens is 1. The largest absolute Gasteiger partial charge is 0.482 e. The van der Waals surface area contributed by atoms with Crippen LogP contribution in [0.2, 0.25) is 5.02 Å². The Labute approximate surface area is 171 Å². The Hall–Kier alpha value is -2.09. The van der Waals surface area contributed by atoms with Crippen molar-refractivity contribution in [3.63, 3.8) is 0 Å². The third-order valence-electron chi connectivity index (χ3n) is 3.91. The molecule has 0 aliphatic carbocycles. The molecule has 28 heavy (non-hydrogen) atoms. The summed E-state index contributed by atoms with van der Waals surface area (Å²) in [7, 11) is -3.77. The fourth-order valence-electron chi connectivity index (χ4n) is 2.39. The summed E-state index contributed by atoms with van der Waals surface area (Å²) in [6.07, 6.45) is 0. The van der Waals surface area contributed by atoms with E-state index in [9.17, 15) is 13.2 Å². The number of benzene rings is 2. The molecule has 6 nitrogen and oxygen atoms in total. The van der Waals surface area contributed by atoms with Crippen LogP contribution in [0.1, 0.15) is 32.4 Å².